The van der Waals surface area contributed by atoms with Crippen LogP contribution >= 0.6 is 0 Å². The highest BCUT2D eigenvalue weighted by atomic mass is 19.4. The van der Waals surface area contributed by atoms with Crippen LogP contribution in [0.1, 0.15) is 18.4 Å². The van der Waals surface area contributed by atoms with Gasteiger partial charge in [-0.1, -0.05) is 0 Å². The van der Waals surface area contributed by atoms with Crippen molar-refractivity contribution in [3.05, 3.63) is 23.9 Å². The summed E-state index contributed by atoms with van der Waals surface area (Å²) in [6, 6.07) is 2.47. The number of alkyl halides is 3. The largest absolute Gasteiger partial charge is 0.417 e. The molecule has 22 heavy (non-hydrogen) atoms. The van der Waals surface area contributed by atoms with Crippen LogP contribution in [-0.4, -0.2) is 48.1 Å². The molecular formula is C14H17F3N4O. The normalized spacial score (nSPS) is 22.9. The number of rotatable bonds is 2. The Kier molecular flexibility index (Phi) is 3.84. The van der Waals surface area contributed by atoms with Gasteiger partial charge in [0.1, 0.15) is 5.82 Å². The first-order chi connectivity index (χ1) is 10.4. The molecule has 0 aromatic carbocycles. The number of urea groups is 1. The number of hydrogen-bond acceptors (Lipinski definition) is 3. The number of pyridine rings is 1. The third-order valence-electron chi connectivity index (χ3n) is 4.13. The second-order valence-electron chi connectivity index (χ2n) is 5.57. The summed E-state index contributed by atoms with van der Waals surface area (Å²) in [5, 5.41) is 2.77. The standard InChI is InChI=1S/C14H17F3N4O/c15-14(16,17)10-3-4-12(19-8-10)20-6-1-2-11(9-20)21-7-5-18-13(21)22/h3-4,8,11H,1-2,5-7,9H2,(H,18,22)/t11-/m0/s1. The molecule has 2 amide bonds. The zero-order chi connectivity index (χ0) is 15.7. The van der Waals surface area contributed by atoms with Gasteiger partial charge in [-0.2, -0.15) is 13.2 Å². The molecule has 0 aliphatic carbocycles. The molecule has 0 radical (unpaired) electrons. The van der Waals surface area contributed by atoms with Gasteiger partial charge < -0.3 is 15.1 Å². The molecule has 1 N–H and O–H groups in total. The summed E-state index contributed by atoms with van der Waals surface area (Å²) in [6.07, 6.45) is -1.72. The van der Waals surface area contributed by atoms with Crippen molar-refractivity contribution in [1.29, 1.82) is 0 Å². The van der Waals surface area contributed by atoms with E-state index < -0.39 is 11.7 Å². The monoisotopic (exact) mass is 314 g/mol. The first kappa shape index (κ1) is 14.9. The molecule has 3 rings (SSSR count). The van der Waals surface area contributed by atoms with Crippen molar-refractivity contribution < 1.29 is 18.0 Å². The van der Waals surface area contributed by atoms with Gasteiger partial charge in [0.05, 0.1) is 11.6 Å². The van der Waals surface area contributed by atoms with Crippen molar-refractivity contribution in [2.75, 3.05) is 31.1 Å². The van der Waals surface area contributed by atoms with Gasteiger partial charge in [0.2, 0.25) is 0 Å². The molecule has 120 valence electrons. The number of amides is 2. The van der Waals surface area contributed by atoms with Crippen molar-refractivity contribution in [3.63, 3.8) is 0 Å². The number of carbonyl (C=O) groups is 1. The molecule has 3 heterocycles. The number of anilines is 1. The Morgan fingerprint density at radius 2 is 2.09 bits per heavy atom. The van der Waals surface area contributed by atoms with E-state index in [1.807, 2.05) is 4.90 Å². The fourth-order valence-corrected chi connectivity index (χ4v) is 2.99. The Labute approximate surface area is 126 Å². The van der Waals surface area contributed by atoms with Crippen LogP contribution in [0.25, 0.3) is 0 Å². The first-order valence-corrected chi connectivity index (χ1v) is 7.28. The number of hydrogen-bond donors (Lipinski definition) is 1. The molecule has 1 aromatic heterocycles. The topological polar surface area (TPSA) is 48.5 Å². The highest BCUT2D eigenvalue weighted by Crippen LogP contribution is 2.30. The van der Waals surface area contributed by atoms with Crippen LogP contribution in [-0.2, 0) is 6.18 Å². The molecule has 0 bridgehead atoms. The van der Waals surface area contributed by atoms with Gasteiger partial charge in [0.15, 0.2) is 0 Å². The Morgan fingerprint density at radius 1 is 1.27 bits per heavy atom. The predicted octanol–water partition coefficient (Wildman–Crippen LogP) is 2.09. The molecular weight excluding hydrogens is 297 g/mol. The Balaban J connectivity index is 1.70. The van der Waals surface area contributed by atoms with Crippen LogP contribution in [0.4, 0.5) is 23.8 Å². The minimum Gasteiger partial charge on any atom is -0.355 e. The van der Waals surface area contributed by atoms with E-state index in [2.05, 4.69) is 10.3 Å². The molecule has 0 spiro atoms. The fraction of sp³-hybridized carbons (Fsp3) is 0.571. The first-order valence-electron chi connectivity index (χ1n) is 7.28. The van der Waals surface area contributed by atoms with Gasteiger partial charge in [0.25, 0.3) is 0 Å². The minimum atomic E-state index is -4.37. The number of nitrogens with zero attached hydrogens (tertiary/aromatic N) is 3. The summed E-state index contributed by atoms with van der Waals surface area (Å²) >= 11 is 0. The molecule has 2 aliphatic heterocycles. The fourth-order valence-electron chi connectivity index (χ4n) is 2.99. The summed E-state index contributed by atoms with van der Waals surface area (Å²) in [5.74, 6) is 0.525. The van der Waals surface area contributed by atoms with Crippen molar-refractivity contribution in [1.82, 2.24) is 15.2 Å². The average molecular weight is 314 g/mol. The van der Waals surface area contributed by atoms with Gasteiger partial charge in [-0.25, -0.2) is 9.78 Å². The molecule has 0 saturated carbocycles. The number of carbonyl (C=O) groups excluding carboxylic acids is 1. The van der Waals surface area contributed by atoms with E-state index in [4.69, 9.17) is 0 Å². The zero-order valence-electron chi connectivity index (χ0n) is 11.9. The van der Waals surface area contributed by atoms with Gasteiger partial charge >= 0.3 is 12.2 Å². The maximum absolute atomic E-state index is 12.6. The third-order valence-corrected chi connectivity index (χ3v) is 4.13. The third kappa shape index (κ3) is 2.95. The highest BCUT2D eigenvalue weighted by molar-refractivity contribution is 5.76. The highest BCUT2D eigenvalue weighted by Gasteiger charge is 2.33. The van der Waals surface area contributed by atoms with Crippen LogP contribution in [0.15, 0.2) is 18.3 Å². The van der Waals surface area contributed by atoms with Crippen molar-refractivity contribution in [2.24, 2.45) is 0 Å². The Morgan fingerprint density at radius 3 is 2.68 bits per heavy atom. The Hall–Kier alpha value is -1.99. The van der Waals surface area contributed by atoms with E-state index in [9.17, 15) is 18.0 Å². The van der Waals surface area contributed by atoms with E-state index in [1.54, 1.807) is 4.90 Å². The minimum absolute atomic E-state index is 0.0628. The van der Waals surface area contributed by atoms with Crippen molar-refractivity contribution in [3.8, 4) is 0 Å². The zero-order valence-corrected chi connectivity index (χ0v) is 11.9. The molecule has 2 aliphatic rings. The molecule has 8 heteroatoms. The van der Waals surface area contributed by atoms with Crippen LogP contribution in [0.2, 0.25) is 0 Å². The summed E-state index contributed by atoms with van der Waals surface area (Å²) in [7, 11) is 0. The SMILES string of the molecule is O=C1NCCN1[C@H]1CCCN(c2ccc(C(F)(F)F)cn2)C1. The predicted molar refractivity (Wildman–Crippen MR) is 74.6 cm³/mol. The van der Waals surface area contributed by atoms with Gasteiger partial charge in [-0.3, -0.25) is 0 Å². The molecule has 1 aromatic rings. The molecule has 0 unspecified atom stereocenters. The number of aromatic nitrogens is 1. The van der Waals surface area contributed by atoms with E-state index in [0.29, 0.717) is 25.5 Å². The van der Waals surface area contributed by atoms with E-state index in [-0.39, 0.29) is 12.1 Å². The summed E-state index contributed by atoms with van der Waals surface area (Å²) in [5.41, 5.74) is -0.747. The number of piperidine rings is 1. The summed E-state index contributed by atoms with van der Waals surface area (Å²) in [4.78, 5) is 19.4. The Bertz CT molecular complexity index is 546. The lowest BCUT2D eigenvalue weighted by molar-refractivity contribution is -0.137. The van der Waals surface area contributed by atoms with E-state index >= 15 is 0 Å². The van der Waals surface area contributed by atoms with E-state index in [1.165, 1.54) is 6.07 Å². The molecule has 5 nitrogen and oxygen atoms in total. The number of halogens is 3. The summed E-state index contributed by atoms with van der Waals surface area (Å²) < 4.78 is 37.7. The van der Waals surface area contributed by atoms with Crippen LogP contribution in [0, 0.1) is 0 Å². The molecule has 2 fully saturated rings. The van der Waals surface area contributed by atoms with Crippen molar-refractivity contribution in [2.45, 2.75) is 25.1 Å². The average Bonchev–Trinajstić information content (AvgIpc) is 2.93. The van der Waals surface area contributed by atoms with Gasteiger partial charge in [0, 0.05) is 32.4 Å². The van der Waals surface area contributed by atoms with Gasteiger partial charge in [-0.15, -0.1) is 0 Å². The lowest BCUT2D eigenvalue weighted by atomic mass is 10.0. The second kappa shape index (κ2) is 5.66. The van der Waals surface area contributed by atoms with Crippen LogP contribution in [0.3, 0.4) is 0 Å². The second-order valence-corrected chi connectivity index (χ2v) is 5.57. The lowest BCUT2D eigenvalue weighted by Crippen LogP contribution is -2.49. The van der Waals surface area contributed by atoms with Crippen LogP contribution in [0.5, 0.6) is 0 Å². The number of nitrogens with one attached hydrogen (secondary N) is 1. The van der Waals surface area contributed by atoms with Crippen molar-refractivity contribution >= 4 is 11.8 Å². The van der Waals surface area contributed by atoms with E-state index in [0.717, 1.165) is 31.6 Å². The lowest BCUT2D eigenvalue weighted by Gasteiger charge is -2.37. The quantitative estimate of drug-likeness (QED) is 0.909. The van der Waals surface area contributed by atoms with Gasteiger partial charge in [-0.05, 0) is 25.0 Å². The maximum Gasteiger partial charge on any atom is 0.417 e. The molecule has 1 atom stereocenters. The smallest absolute Gasteiger partial charge is 0.355 e. The van der Waals surface area contributed by atoms with Crippen LogP contribution < -0.4 is 10.2 Å². The maximum atomic E-state index is 12.6. The summed E-state index contributed by atoms with van der Waals surface area (Å²) in [6.45, 7) is 2.67. The molecule has 2 saturated heterocycles.